The molecule has 4 aromatic rings. The molecule has 0 saturated carbocycles. The van der Waals surface area contributed by atoms with Gasteiger partial charge in [-0.1, -0.05) is 54.6 Å². The number of nitrogens with one attached hydrogen (secondary N) is 1. The summed E-state index contributed by atoms with van der Waals surface area (Å²) < 4.78 is 21.9. The fourth-order valence-electron chi connectivity index (χ4n) is 3.52. The van der Waals surface area contributed by atoms with Gasteiger partial charge in [0.15, 0.2) is 0 Å². The Kier molecular flexibility index (Phi) is 6.71. The fourth-order valence-corrected chi connectivity index (χ4v) is 3.52. The minimum absolute atomic E-state index is 0.00756. The first-order valence-electron chi connectivity index (χ1n) is 10.3. The van der Waals surface area contributed by atoms with Crippen LogP contribution in [0.15, 0.2) is 83.3 Å². The van der Waals surface area contributed by atoms with Gasteiger partial charge < -0.3 is 23.9 Å². The summed E-state index contributed by atoms with van der Waals surface area (Å²) >= 11 is 0. The van der Waals surface area contributed by atoms with E-state index in [1.54, 1.807) is 61.7 Å². The van der Waals surface area contributed by atoms with Crippen LogP contribution >= 0.6 is 0 Å². The molecule has 1 amide bonds. The van der Waals surface area contributed by atoms with Crippen molar-refractivity contribution in [3.05, 3.63) is 95.7 Å². The Morgan fingerprint density at radius 2 is 1.70 bits per heavy atom. The monoisotopic (exact) mass is 445 g/mol. The molecule has 168 valence electrons. The van der Waals surface area contributed by atoms with E-state index in [9.17, 15) is 9.59 Å². The summed E-state index contributed by atoms with van der Waals surface area (Å²) in [5.41, 5.74) is 2.14. The quantitative estimate of drug-likeness (QED) is 0.379. The highest BCUT2D eigenvalue weighted by Crippen LogP contribution is 2.29. The summed E-state index contributed by atoms with van der Waals surface area (Å²) in [6, 6.07) is 23.0. The third-order valence-corrected chi connectivity index (χ3v) is 5.07. The number of hydrogen-bond donors (Lipinski definition) is 1. The summed E-state index contributed by atoms with van der Waals surface area (Å²) in [4.78, 5) is 26.4. The van der Waals surface area contributed by atoms with Crippen molar-refractivity contribution < 1.29 is 28.2 Å². The highest BCUT2D eigenvalue weighted by atomic mass is 16.6. The summed E-state index contributed by atoms with van der Waals surface area (Å²) in [6.07, 6.45) is -1.20. The van der Waals surface area contributed by atoms with Crippen LogP contribution in [-0.4, -0.2) is 26.1 Å². The van der Waals surface area contributed by atoms with Crippen molar-refractivity contribution in [1.82, 2.24) is 0 Å². The van der Waals surface area contributed by atoms with Gasteiger partial charge in [0.1, 0.15) is 11.3 Å². The molecule has 0 aliphatic carbocycles. The normalized spacial score (nSPS) is 11.7. The number of amides is 1. The van der Waals surface area contributed by atoms with E-state index < -0.39 is 18.0 Å². The number of furan rings is 1. The van der Waals surface area contributed by atoms with Crippen molar-refractivity contribution in [2.75, 3.05) is 19.5 Å². The smallest absolute Gasteiger partial charge is 0.375 e. The summed E-state index contributed by atoms with van der Waals surface area (Å²) in [7, 11) is 3.08. The van der Waals surface area contributed by atoms with E-state index in [1.165, 1.54) is 7.11 Å². The first-order valence-corrected chi connectivity index (χ1v) is 10.3. The lowest BCUT2D eigenvalue weighted by atomic mass is 10.1. The van der Waals surface area contributed by atoms with Crippen molar-refractivity contribution in [2.45, 2.75) is 12.7 Å². The van der Waals surface area contributed by atoms with Gasteiger partial charge in [-0.3, -0.25) is 4.79 Å². The van der Waals surface area contributed by atoms with Crippen LogP contribution < -0.4 is 10.1 Å². The van der Waals surface area contributed by atoms with E-state index >= 15 is 0 Å². The Labute approximate surface area is 190 Å². The molecular formula is C26H23NO6. The molecule has 0 saturated heterocycles. The van der Waals surface area contributed by atoms with E-state index in [1.807, 2.05) is 24.3 Å². The predicted molar refractivity (Wildman–Crippen MR) is 123 cm³/mol. The van der Waals surface area contributed by atoms with Gasteiger partial charge in [-0.15, -0.1) is 0 Å². The number of rotatable bonds is 8. The third-order valence-electron chi connectivity index (χ3n) is 5.07. The summed E-state index contributed by atoms with van der Waals surface area (Å²) in [6.45, 7) is 0.160. The first-order chi connectivity index (χ1) is 16.1. The fraction of sp³-hybridized carbons (Fsp3) is 0.154. The van der Waals surface area contributed by atoms with Crippen LogP contribution in [0.5, 0.6) is 5.75 Å². The molecule has 0 spiro atoms. The van der Waals surface area contributed by atoms with E-state index in [-0.39, 0.29) is 12.4 Å². The van der Waals surface area contributed by atoms with E-state index in [2.05, 4.69) is 5.32 Å². The van der Waals surface area contributed by atoms with Crippen molar-refractivity contribution >= 4 is 28.5 Å². The van der Waals surface area contributed by atoms with Gasteiger partial charge in [-0.25, -0.2) is 4.79 Å². The zero-order valence-corrected chi connectivity index (χ0v) is 18.2. The first kappa shape index (κ1) is 22.1. The van der Waals surface area contributed by atoms with Crippen LogP contribution in [0.25, 0.3) is 11.0 Å². The number of fused-ring (bicyclic) bond motifs is 1. The Morgan fingerprint density at radius 1 is 0.939 bits per heavy atom. The molecule has 0 fully saturated rings. The number of methoxy groups -OCH3 is 2. The Morgan fingerprint density at radius 3 is 2.45 bits per heavy atom. The van der Waals surface area contributed by atoms with Gasteiger partial charge >= 0.3 is 5.97 Å². The zero-order chi connectivity index (χ0) is 23.2. The second kappa shape index (κ2) is 10.0. The van der Waals surface area contributed by atoms with Crippen molar-refractivity contribution in [3.8, 4) is 5.75 Å². The second-order valence-electron chi connectivity index (χ2n) is 7.26. The molecular weight excluding hydrogens is 422 g/mol. The molecule has 1 N–H and O–H groups in total. The molecule has 1 atom stereocenters. The molecule has 0 bridgehead atoms. The van der Waals surface area contributed by atoms with Crippen LogP contribution in [0.3, 0.4) is 0 Å². The number of ether oxygens (including phenoxy) is 3. The molecule has 4 rings (SSSR count). The standard InChI is InChI=1S/C26H23NO6/c1-30-16-21-20-13-6-7-14-22(20)32-24(21)26(29)33-23(17-9-4-3-5-10-17)25(28)27-18-11-8-12-19(15-18)31-2/h3-15,23H,16H2,1-2H3,(H,27,28). The average molecular weight is 445 g/mol. The molecule has 7 heteroatoms. The SMILES string of the molecule is COCc1c(C(=O)OC(C(=O)Nc2cccc(OC)c2)c2ccccc2)oc2ccccc12. The number of carbonyl (C=O) groups excluding carboxylic acids is 2. The number of hydrogen-bond acceptors (Lipinski definition) is 6. The average Bonchev–Trinajstić information content (AvgIpc) is 3.22. The van der Waals surface area contributed by atoms with E-state index in [4.69, 9.17) is 18.6 Å². The number of carbonyl (C=O) groups is 2. The number of benzene rings is 3. The molecule has 0 radical (unpaired) electrons. The molecule has 0 aliphatic rings. The maximum atomic E-state index is 13.2. The van der Waals surface area contributed by atoms with E-state index in [0.29, 0.717) is 28.1 Å². The van der Waals surface area contributed by atoms with E-state index in [0.717, 1.165) is 5.39 Å². The van der Waals surface area contributed by atoms with Gasteiger partial charge in [0, 0.05) is 35.4 Å². The third kappa shape index (κ3) is 4.88. The summed E-state index contributed by atoms with van der Waals surface area (Å²) in [5, 5.41) is 3.54. The van der Waals surface area contributed by atoms with Crippen molar-refractivity contribution in [2.24, 2.45) is 0 Å². The number of anilines is 1. The molecule has 1 unspecified atom stereocenters. The lowest BCUT2D eigenvalue weighted by Crippen LogP contribution is -2.26. The molecule has 3 aromatic carbocycles. The molecule has 7 nitrogen and oxygen atoms in total. The highest BCUT2D eigenvalue weighted by molar-refractivity contribution is 6.00. The molecule has 1 aromatic heterocycles. The van der Waals surface area contributed by atoms with Crippen molar-refractivity contribution in [1.29, 1.82) is 0 Å². The number of esters is 1. The van der Waals surface area contributed by atoms with Crippen LogP contribution in [0, 0.1) is 0 Å². The maximum Gasteiger partial charge on any atom is 0.375 e. The van der Waals surface area contributed by atoms with Crippen LogP contribution in [0.1, 0.15) is 27.8 Å². The van der Waals surface area contributed by atoms with Gasteiger partial charge in [-0.05, 0) is 18.2 Å². The topological polar surface area (TPSA) is 87.0 Å². The molecule has 1 heterocycles. The van der Waals surface area contributed by atoms with Crippen LogP contribution in [0.2, 0.25) is 0 Å². The van der Waals surface area contributed by atoms with Gasteiger partial charge in [0.05, 0.1) is 13.7 Å². The Hall–Kier alpha value is -4.10. The Balaban J connectivity index is 1.65. The lowest BCUT2D eigenvalue weighted by Gasteiger charge is -2.18. The predicted octanol–water partition coefficient (Wildman–Crippen LogP) is 5.12. The van der Waals surface area contributed by atoms with Gasteiger partial charge in [0.25, 0.3) is 5.91 Å². The largest absolute Gasteiger partial charge is 0.497 e. The second-order valence-corrected chi connectivity index (χ2v) is 7.26. The van der Waals surface area contributed by atoms with Crippen molar-refractivity contribution in [3.63, 3.8) is 0 Å². The Bertz CT molecular complexity index is 1260. The van der Waals surface area contributed by atoms with Crippen LogP contribution in [-0.2, 0) is 20.9 Å². The zero-order valence-electron chi connectivity index (χ0n) is 18.2. The van der Waals surface area contributed by atoms with Crippen LogP contribution in [0.4, 0.5) is 5.69 Å². The minimum Gasteiger partial charge on any atom is -0.497 e. The van der Waals surface area contributed by atoms with Gasteiger partial charge in [0.2, 0.25) is 11.9 Å². The number of para-hydroxylation sites is 1. The molecule has 0 aliphatic heterocycles. The minimum atomic E-state index is -1.20. The lowest BCUT2D eigenvalue weighted by molar-refractivity contribution is -0.125. The highest BCUT2D eigenvalue weighted by Gasteiger charge is 2.29. The maximum absolute atomic E-state index is 13.2. The molecule has 33 heavy (non-hydrogen) atoms. The van der Waals surface area contributed by atoms with Gasteiger partial charge in [-0.2, -0.15) is 0 Å². The summed E-state index contributed by atoms with van der Waals surface area (Å²) in [5.74, 6) is -0.666.